The second-order valence-electron chi connectivity index (χ2n) is 14.6. The van der Waals surface area contributed by atoms with E-state index in [0.717, 1.165) is 89.0 Å². The Balaban J connectivity index is 1.15. The minimum Gasteiger partial charge on any atom is -0.455 e. The summed E-state index contributed by atoms with van der Waals surface area (Å²) in [4.78, 5) is 11.7. The molecule has 0 spiro atoms. The maximum atomic E-state index is 11.7. The molecule has 0 aromatic rings. The summed E-state index contributed by atoms with van der Waals surface area (Å²) in [5.41, 5.74) is 0.847. The molecular formula is C38H68O8. The normalized spacial score (nSPS) is 27.5. The highest BCUT2D eigenvalue weighted by molar-refractivity contribution is 5.90. The summed E-state index contributed by atoms with van der Waals surface area (Å²) >= 11 is 0. The van der Waals surface area contributed by atoms with Crippen LogP contribution in [0.3, 0.4) is 0 Å². The summed E-state index contributed by atoms with van der Waals surface area (Å²) in [6, 6.07) is 0. The van der Waals surface area contributed by atoms with Gasteiger partial charge in [-0.15, -0.1) is 0 Å². The fraction of sp³-hybridized carbons (Fsp3) is 0.921. The van der Waals surface area contributed by atoms with Crippen molar-refractivity contribution in [1.82, 2.24) is 0 Å². The van der Waals surface area contributed by atoms with Gasteiger partial charge < -0.3 is 34.6 Å². The van der Waals surface area contributed by atoms with Gasteiger partial charge in [0, 0.05) is 5.57 Å². The van der Waals surface area contributed by atoms with E-state index in [1.807, 2.05) is 13.0 Å². The van der Waals surface area contributed by atoms with Crippen LogP contribution in [0.1, 0.15) is 168 Å². The van der Waals surface area contributed by atoms with Crippen molar-refractivity contribution >= 4 is 5.97 Å². The van der Waals surface area contributed by atoms with Crippen LogP contribution in [0.15, 0.2) is 11.6 Å². The molecule has 3 aliphatic heterocycles. The van der Waals surface area contributed by atoms with Gasteiger partial charge in [0.2, 0.25) is 0 Å². The SMILES string of the molecule is CCCCCCC(O)CCCC(O)CC1CCC(C(O)CCC(O)C2CCC(CCCCCCCCCC3=CC(C)OC3=O)O2)O1. The molecule has 8 nitrogen and oxygen atoms in total. The van der Waals surface area contributed by atoms with Crippen molar-refractivity contribution < 1.29 is 39.4 Å². The number of hydrogen-bond acceptors (Lipinski definition) is 8. The van der Waals surface area contributed by atoms with Crippen LogP contribution < -0.4 is 0 Å². The smallest absolute Gasteiger partial charge is 0.334 e. The largest absolute Gasteiger partial charge is 0.455 e. The van der Waals surface area contributed by atoms with Crippen LogP contribution in [0, 0.1) is 0 Å². The van der Waals surface area contributed by atoms with Gasteiger partial charge in [-0.2, -0.15) is 0 Å². The Morgan fingerprint density at radius 3 is 1.89 bits per heavy atom. The molecule has 4 N–H and O–H groups in total. The molecule has 0 amide bonds. The summed E-state index contributed by atoms with van der Waals surface area (Å²) in [6.07, 6.45) is 22.7. The first-order valence-corrected chi connectivity index (χ1v) is 19.2. The van der Waals surface area contributed by atoms with E-state index < -0.39 is 18.3 Å². The van der Waals surface area contributed by atoms with Crippen molar-refractivity contribution in [3.05, 3.63) is 11.6 Å². The quantitative estimate of drug-likeness (QED) is 0.0570. The van der Waals surface area contributed by atoms with Crippen molar-refractivity contribution in [2.45, 2.75) is 223 Å². The molecule has 268 valence electrons. The van der Waals surface area contributed by atoms with E-state index in [2.05, 4.69) is 6.92 Å². The van der Waals surface area contributed by atoms with Crippen LogP contribution >= 0.6 is 0 Å². The molecule has 9 atom stereocenters. The second-order valence-corrected chi connectivity index (χ2v) is 14.6. The lowest BCUT2D eigenvalue weighted by molar-refractivity contribution is -0.139. The summed E-state index contributed by atoms with van der Waals surface area (Å²) in [5.74, 6) is -0.137. The van der Waals surface area contributed by atoms with Crippen LogP contribution in [0.5, 0.6) is 0 Å². The number of unbranched alkanes of at least 4 members (excludes halogenated alkanes) is 9. The first-order chi connectivity index (χ1) is 22.2. The highest BCUT2D eigenvalue weighted by Crippen LogP contribution is 2.31. The minimum absolute atomic E-state index is 0.0385. The molecule has 3 rings (SSSR count). The number of ether oxygens (including phenoxy) is 3. The Morgan fingerprint density at radius 1 is 0.674 bits per heavy atom. The highest BCUT2D eigenvalue weighted by Gasteiger charge is 2.34. The molecule has 0 saturated carbocycles. The Kier molecular flexibility index (Phi) is 19.3. The Bertz CT molecular complexity index is 849. The number of cyclic esters (lactones) is 1. The molecule has 0 aromatic heterocycles. The number of aliphatic hydroxyl groups is 4. The van der Waals surface area contributed by atoms with Gasteiger partial charge in [-0.1, -0.05) is 71.1 Å². The van der Waals surface area contributed by atoms with Crippen molar-refractivity contribution in [3.63, 3.8) is 0 Å². The van der Waals surface area contributed by atoms with E-state index in [0.29, 0.717) is 25.7 Å². The summed E-state index contributed by atoms with van der Waals surface area (Å²) in [5, 5.41) is 42.2. The zero-order chi connectivity index (χ0) is 33.1. The average molecular weight is 653 g/mol. The fourth-order valence-electron chi connectivity index (χ4n) is 7.48. The van der Waals surface area contributed by atoms with Gasteiger partial charge in [-0.05, 0) is 103 Å². The van der Waals surface area contributed by atoms with Crippen molar-refractivity contribution in [2.24, 2.45) is 0 Å². The van der Waals surface area contributed by atoms with E-state index in [9.17, 15) is 25.2 Å². The Hall–Kier alpha value is -1.03. The van der Waals surface area contributed by atoms with E-state index in [-0.39, 0.29) is 42.6 Å². The van der Waals surface area contributed by atoms with E-state index in [4.69, 9.17) is 14.2 Å². The molecule has 0 aliphatic carbocycles. The number of esters is 1. The Labute approximate surface area is 279 Å². The molecule has 0 radical (unpaired) electrons. The molecule has 0 aromatic carbocycles. The van der Waals surface area contributed by atoms with Crippen LogP contribution in [-0.4, -0.2) is 81.3 Å². The maximum absolute atomic E-state index is 11.7. The van der Waals surface area contributed by atoms with Gasteiger partial charge in [-0.3, -0.25) is 0 Å². The summed E-state index contributed by atoms with van der Waals surface area (Å²) < 4.78 is 17.4. The lowest BCUT2D eigenvalue weighted by atomic mass is 9.98. The predicted octanol–water partition coefficient (Wildman–Crippen LogP) is 7.22. The molecule has 2 saturated heterocycles. The Morgan fingerprint density at radius 2 is 1.24 bits per heavy atom. The molecule has 3 heterocycles. The van der Waals surface area contributed by atoms with Gasteiger partial charge in [-0.25, -0.2) is 4.79 Å². The molecule has 3 aliphatic rings. The minimum atomic E-state index is -0.614. The van der Waals surface area contributed by atoms with Crippen LogP contribution in [0.2, 0.25) is 0 Å². The molecule has 9 unspecified atom stereocenters. The summed E-state index contributed by atoms with van der Waals surface area (Å²) in [6.45, 7) is 4.09. The zero-order valence-electron chi connectivity index (χ0n) is 29.2. The van der Waals surface area contributed by atoms with Gasteiger partial charge in [0.15, 0.2) is 0 Å². The van der Waals surface area contributed by atoms with Gasteiger partial charge in [0.1, 0.15) is 6.10 Å². The standard InChI is InChI=1S/C38H68O8/c1-3-4-5-12-16-30(39)17-14-18-31(40)27-33-21-25-37(46-33)35(42)23-22-34(41)36-24-20-32(45-36)19-13-10-8-6-7-9-11-15-29-26-28(2)44-38(29)43/h26,28,30-37,39-42H,3-25,27H2,1-2H3. The average Bonchev–Trinajstić information content (AvgIpc) is 3.77. The van der Waals surface area contributed by atoms with Gasteiger partial charge >= 0.3 is 5.97 Å². The van der Waals surface area contributed by atoms with Crippen molar-refractivity contribution in [1.29, 1.82) is 0 Å². The number of rotatable bonds is 26. The number of hydrogen-bond donors (Lipinski definition) is 4. The second kappa shape index (κ2) is 22.6. The topological polar surface area (TPSA) is 126 Å². The third-order valence-corrected chi connectivity index (χ3v) is 10.4. The third-order valence-electron chi connectivity index (χ3n) is 10.4. The molecule has 46 heavy (non-hydrogen) atoms. The summed E-state index contributed by atoms with van der Waals surface area (Å²) in [7, 11) is 0. The van der Waals surface area contributed by atoms with Crippen LogP contribution in [0.25, 0.3) is 0 Å². The molecule has 8 heteroatoms. The van der Waals surface area contributed by atoms with Crippen molar-refractivity contribution in [2.75, 3.05) is 0 Å². The highest BCUT2D eigenvalue weighted by atomic mass is 16.5. The fourth-order valence-corrected chi connectivity index (χ4v) is 7.48. The lowest BCUT2D eigenvalue weighted by Gasteiger charge is -2.23. The van der Waals surface area contributed by atoms with E-state index >= 15 is 0 Å². The number of aliphatic hydroxyl groups excluding tert-OH is 4. The monoisotopic (exact) mass is 652 g/mol. The van der Waals surface area contributed by atoms with E-state index in [1.165, 1.54) is 44.9 Å². The van der Waals surface area contributed by atoms with E-state index in [1.54, 1.807) is 0 Å². The third kappa shape index (κ3) is 15.5. The maximum Gasteiger partial charge on any atom is 0.334 e. The zero-order valence-corrected chi connectivity index (χ0v) is 29.2. The molecule has 2 fully saturated rings. The number of carbonyl (C=O) groups is 1. The first kappa shape index (κ1) is 39.4. The predicted molar refractivity (Wildman–Crippen MR) is 181 cm³/mol. The molecule has 0 bridgehead atoms. The number of carbonyl (C=O) groups excluding carboxylic acids is 1. The van der Waals surface area contributed by atoms with Gasteiger partial charge in [0.25, 0.3) is 0 Å². The van der Waals surface area contributed by atoms with Crippen molar-refractivity contribution in [3.8, 4) is 0 Å². The lowest BCUT2D eigenvalue weighted by Crippen LogP contribution is -2.31. The first-order valence-electron chi connectivity index (χ1n) is 19.2. The van der Waals surface area contributed by atoms with Gasteiger partial charge in [0.05, 0.1) is 48.8 Å². The van der Waals surface area contributed by atoms with Crippen LogP contribution in [-0.2, 0) is 19.0 Å². The van der Waals surface area contributed by atoms with Crippen LogP contribution in [0.4, 0.5) is 0 Å². The molecular weight excluding hydrogens is 584 g/mol.